The largest absolute Gasteiger partial charge is 0.491 e. The van der Waals surface area contributed by atoms with Gasteiger partial charge in [-0.3, -0.25) is 9.69 Å². The Morgan fingerprint density at radius 3 is 2.96 bits per heavy atom. The zero-order chi connectivity index (χ0) is 16.8. The number of carbonyl (C=O) groups excluding carboxylic acids is 1. The molecule has 1 heterocycles. The van der Waals surface area contributed by atoms with Crippen molar-refractivity contribution in [3.05, 3.63) is 29.8 Å². The molecule has 1 fully saturated rings. The fraction of sp³-hybridized carbons (Fsp3) is 0.611. The van der Waals surface area contributed by atoms with Crippen molar-refractivity contribution in [1.82, 2.24) is 9.80 Å². The van der Waals surface area contributed by atoms with Gasteiger partial charge in [0.15, 0.2) is 0 Å². The fourth-order valence-electron chi connectivity index (χ4n) is 3.04. The minimum Gasteiger partial charge on any atom is -0.491 e. The molecule has 1 aromatic carbocycles. The minimum atomic E-state index is -0.552. The molecule has 2 unspecified atom stereocenters. The maximum absolute atomic E-state index is 12.1. The van der Waals surface area contributed by atoms with Gasteiger partial charge in [-0.25, -0.2) is 0 Å². The summed E-state index contributed by atoms with van der Waals surface area (Å²) in [5.41, 5.74) is 1.14. The smallest absolute Gasteiger partial charge is 0.226 e. The average Bonchev–Trinajstić information content (AvgIpc) is 2.52. The lowest BCUT2D eigenvalue weighted by atomic mass is 9.96. The summed E-state index contributed by atoms with van der Waals surface area (Å²) in [6.45, 7) is 4.48. The highest BCUT2D eigenvalue weighted by molar-refractivity contribution is 5.78. The van der Waals surface area contributed by atoms with Gasteiger partial charge in [-0.2, -0.15) is 0 Å². The summed E-state index contributed by atoms with van der Waals surface area (Å²) in [5, 5.41) is 10.2. The lowest BCUT2D eigenvalue weighted by Gasteiger charge is -2.34. The number of likely N-dealkylation sites (tertiary alicyclic amines) is 1. The van der Waals surface area contributed by atoms with Crippen LogP contribution in [0.25, 0.3) is 0 Å². The van der Waals surface area contributed by atoms with Gasteiger partial charge < -0.3 is 14.7 Å². The first-order valence-electron chi connectivity index (χ1n) is 8.26. The van der Waals surface area contributed by atoms with Crippen molar-refractivity contribution in [3.8, 4) is 5.75 Å². The summed E-state index contributed by atoms with van der Waals surface area (Å²) in [6.07, 6.45) is 1.38. The molecule has 0 radical (unpaired) electrons. The van der Waals surface area contributed by atoms with E-state index in [1.165, 1.54) is 0 Å². The summed E-state index contributed by atoms with van der Waals surface area (Å²) < 4.78 is 5.65. The van der Waals surface area contributed by atoms with E-state index in [-0.39, 0.29) is 18.4 Å². The third-order valence-electron chi connectivity index (χ3n) is 4.20. The lowest BCUT2D eigenvalue weighted by molar-refractivity contribution is -0.135. The van der Waals surface area contributed by atoms with Crippen molar-refractivity contribution in [2.24, 2.45) is 5.92 Å². The maximum Gasteiger partial charge on any atom is 0.226 e. The molecule has 1 saturated heterocycles. The van der Waals surface area contributed by atoms with Crippen LogP contribution in [-0.4, -0.2) is 67.3 Å². The third kappa shape index (κ3) is 5.52. The first-order valence-corrected chi connectivity index (χ1v) is 8.26. The number of β-amino-alcohol motifs (C(OH)–C–C–N with tert-alkyl or cyclic N) is 1. The topological polar surface area (TPSA) is 53.0 Å². The summed E-state index contributed by atoms with van der Waals surface area (Å²) in [4.78, 5) is 15.9. The Morgan fingerprint density at radius 1 is 1.48 bits per heavy atom. The highest BCUT2D eigenvalue weighted by atomic mass is 16.5. The van der Waals surface area contributed by atoms with Gasteiger partial charge in [0.25, 0.3) is 0 Å². The molecule has 1 aliphatic heterocycles. The highest BCUT2D eigenvalue weighted by Crippen LogP contribution is 2.18. The second kappa shape index (κ2) is 8.31. The first kappa shape index (κ1) is 17.8. The molecule has 0 spiro atoms. The molecule has 2 atom stereocenters. The molecular weight excluding hydrogens is 292 g/mol. The van der Waals surface area contributed by atoms with Crippen molar-refractivity contribution in [2.45, 2.75) is 25.9 Å². The number of piperidine rings is 1. The van der Waals surface area contributed by atoms with Crippen LogP contribution >= 0.6 is 0 Å². The first-order chi connectivity index (χ1) is 11.0. The van der Waals surface area contributed by atoms with Crippen LogP contribution in [0.2, 0.25) is 0 Å². The van der Waals surface area contributed by atoms with Crippen molar-refractivity contribution in [3.63, 3.8) is 0 Å². The fourth-order valence-corrected chi connectivity index (χ4v) is 3.04. The predicted octanol–water partition coefficient (Wildman–Crippen LogP) is 1.53. The number of hydrogen-bond acceptors (Lipinski definition) is 4. The zero-order valence-electron chi connectivity index (χ0n) is 14.4. The zero-order valence-corrected chi connectivity index (χ0v) is 14.4. The second-order valence-corrected chi connectivity index (χ2v) is 6.61. The van der Waals surface area contributed by atoms with Crippen LogP contribution in [0.5, 0.6) is 5.75 Å². The van der Waals surface area contributed by atoms with E-state index in [1.807, 2.05) is 31.2 Å². The van der Waals surface area contributed by atoms with E-state index in [4.69, 9.17) is 4.74 Å². The van der Waals surface area contributed by atoms with Gasteiger partial charge in [0.05, 0.1) is 5.92 Å². The number of carbonyl (C=O) groups is 1. The van der Waals surface area contributed by atoms with Gasteiger partial charge in [0.2, 0.25) is 5.91 Å². The highest BCUT2D eigenvalue weighted by Gasteiger charge is 2.27. The van der Waals surface area contributed by atoms with Crippen LogP contribution in [0.1, 0.15) is 18.4 Å². The molecule has 1 aromatic rings. The predicted molar refractivity (Wildman–Crippen MR) is 90.5 cm³/mol. The average molecular weight is 320 g/mol. The number of rotatable bonds is 6. The molecule has 0 aromatic heterocycles. The summed E-state index contributed by atoms with van der Waals surface area (Å²) >= 11 is 0. The van der Waals surface area contributed by atoms with Crippen LogP contribution < -0.4 is 4.74 Å². The quantitative estimate of drug-likeness (QED) is 0.864. The van der Waals surface area contributed by atoms with Gasteiger partial charge in [-0.05, 0) is 44.0 Å². The number of nitrogens with zero attached hydrogens (tertiary/aromatic N) is 2. The van der Waals surface area contributed by atoms with Gasteiger partial charge in [-0.15, -0.1) is 0 Å². The van der Waals surface area contributed by atoms with Crippen molar-refractivity contribution < 1.29 is 14.6 Å². The van der Waals surface area contributed by atoms with E-state index in [0.717, 1.165) is 37.2 Å². The lowest BCUT2D eigenvalue weighted by Crippen LogP contribution is -2.46. The van der Waals surface area contributed by atoms with E-state index in [2.05, 4.69) is 4.90 Å². The SMILES string of the molecule is Cc1cccc(OCC(O)CN2CCCC(C(=O)N(C)C)C2)c1. The van der Waals surface area contributed by atoms with Gasteiger partial charge in [0, 0.05) is 27.2 Å². The Balaban J connectivity index is 1.78. The molecule has 128 valence electrons. The van der Waals surface area contributed by atoms with E-state index in [9.17, 15) is 9.90 Å². The van der Waals surface area contributed by atoms with Crippen molar-refractivity contribution >= 4 is 5.91 Å². The Kier molecular flexibility index (Phi) is 6.42. The molecule has 0 bridgehead atoms. The third-order valence-corrected chi connectivity index (χ3v) is 4.20. The molecular formula is C18H28N2O3. The normalized spacial score (nSPS) is 20.1. The van der Waals surface area contributed by atoms with E-state index < -0.39 is 6.10 Å². The Bertz CT molecular complexity index is 519. The summed E-state index contributed by atoms with van der Waals surface area (Å²) in [5.74, 6) is 1.01. The Labute approximate surface area is 138 Å². The number of amides is 1. The van der Waals surface area contributed by atoms with Gasteiger partial charge >= 0.3 is 0 Å². The van der Waals surface area contributed by atoms with Gasteiger partial charge in [0.1, 0.15) is 18.5 Å². The second-order valence-electron chi connectivity index (χ2n) is 6.61. The molecule has 0 saturated carbocycles. The number of aliphatic hydroxyl groups excluding tert-OH is 1. The van der Waals surface area contributed by atoms with Crippen molar-refractivity contribution in [2.75, 3.05) is 40.3 Å². The molecule has 5 heteroatoms. The van der Waals surface area contributed by atoms with E-state index in [1.54, 1.807) is 19.0 Å². The molecule has 5 nitrogen and oxygen atoms in total. The molecule has 1 aliphatic rings. The van der Waals surface area contributed by atoms with E-state index in [0.29, 0.717) is 6.54 Å². The summed E-state index contributed by atoms with van der Waals surface area (Å²) in [6, 6.07) is 7.81. The molecule has 1 N–H and O–H groups in total. The molecule has 0 aliphatic carbocycles. The maximum atomic E-state index is 12.1. The van der Waals surface area contributed by atoms with Crippen LogP contribution in [0, 0.1) is 12.8 Å². The van der Waals surface area contributed by atoms with E-state index >= 15 is 0 Å². The molecule has 2 rings (SSSR count). The Morgan fingerprint density at radius 2 is 2.26 bits per heavy atom. The van der Waals surface area contributed by atoms with Gasteiger partial charge in [-0.1, -0.05) is 12.1 Å². The number of hydrogen-bond donors (Lipinski definition) is 1. The monoisotopic (exact) mass is 320 g/mol. The van der Waals surface area contributed by atoms with Crippen LogP contribution in [0.15, 0.2) is 24.3 Å². The standard InChI is InChI=1S/C18H28N2O3/c1-14-6-4-8-17(10-14)23-13-16(21)12-20-9-5-7-15(11-20)18(22)19(2)3/h4,6,8,10,15-16,21H,5,7,9,11-13H2,1-3H3. The minimum absolute atomic E-state index is 0.0450. The number of benzene rings is 1. The number of aryl methyl sites for hydroxylation is 1. The van der Waals surface area contributed by atoms with Crippen LogP contribution in [0.4, 0.5) is 0 Å². The van der Waals surface area contributed by atoms with Crippen LogP contribution in [-0.2, 0) is 4.79 Å². The molecule has 23 heavy (non-hydrogen) atoms. The number of aliphatic hydroxyl groups is 1. The summed E-state index contributed by atoms with van der Waals surface area (Å²) in [7, 11) is 3.59. The van der Waals surface area contributed by atoms with Crippen LogP contribution in [0.3, 0.4) is 0 Å². The number of ether oxygens (including phenoxy) is 1. The van der Waals surface area contributed by atoms with Crippen molar-refractivity contribution in [1.29, 1.82) is 0 Å². The molecule has 1 amide bonds. The Hall–Kier alpha value is -1.59.